The average molecular weight is 583 g/mol. The van der Waals surface area contributed by atoms with E-state index in [1.165, 1.54) is 31.0 Å². The zero-order chi connectivity index (χ0) is 28.9. The zero-order valence-electron chi connectivity index (χ0n) is 22.5. The fraction of sp³-hybridized carbons (Fsp3) is 0.519. The Morgan fingerprint density at radius 3 is 2.40 bits per heavy atom. The average Bonchev–Trinajstić information content (AvgIpc) is 3.20. The van der Waals surface area contributed by atoms with Gasteiger partial charge in [-0.3, -0.25) is 19.4 Å². The van der Waals surface area contributed by atoms with Gasteiger partial charge in [-0.25, -0.2) is 9.37 Å². The SMILES string of the molecule is Cc1cc(C(F)(F)F)cc(N2C(=O)C[C@@H]3CN(CCN4CCN(C)CC4)c4c(Cl)cc(F)cc4N(C)C(=O)[C@H]32)n1. The number of carbonyl (C=O) groups is 2. The van der Waals surface area contributed by atoms with E-state index in [1.807, 2.05) is 4.90 Å². The third kappa shape index (κ3) is 5.48. The van der Waals surface area contributed by atoms with Gasteiger partial charge in [0.1, 0.15) is 17.7 Å². The van der Waals surface area contributed by atoms with Gasteiger partial charge in [0.05, 0.1) is 22.0 Å². The van der Waals surface area contributed by atoms with E-state index in [0.29, 0.717) is 18.8 Å². The summed E-state index contributed by atoms with van der Waals surface area (Å²) in [4.78, 5) is 40.3. The molecule has 4 heterocycles. The molecular formula is C27H31ClF4N6O2. The van der Waals surface area contributed by atoms with Crippen molar-refractivity contribution in [1.29, 1.82) is 0 Å². The number of hydrogen-bond donors (Lipinski definition) is 0. The second-order valence-electron chi connectivity index (χ2n) is 10.8. The molecule has 0 spiro atoms. The number of piperazine rings is 1. The molecule has 0 aliphatic carbocycles. The Kier molecular flexibility index (Phi) is 7.71. The molecular weight excluding hydrogens is 552 g/mol. The molecule has 40 heavy (non-hydrogen) atoms. The highest BCUT2D eigenvalue weighted by Gasteiger charge is 2.49. The van der Waals surface area contributed by atoms with Crippen LogP contribution in [-0.2, 0) is 15.8 Å². The first-order valence-corrected chi connectivity index (χ1v) is 13.5. The van der Waals surface area contributed by atoms with Crippen LogP contribution in [0.25, 0.3) is 0 Å². The maximum Gasteiger partial charge on any atom is 0.416 e. The molecule has 2 saturated heterocycles. The molecule has 2 atom stereocenters. The molecule has 216 valence electrons. The minimum atomic E-state index is -4.65. The van der Waals surface area contributed by atoms with Crippen molar-refractivity contribution in [2.45, 2.75) is 25.6 Å². The van der Waals surface area contributed by atoms with Crippen LogP contribution in [-0.4, -0.2) is 92.5 Å². The molecule has 8 nitrogen and oxygen atoms in total. The number of aromatic nitrogens is 1. The third-order valence-electron chi connectivity index (χ3n) is 7.95. The van der Waals surface area contributed by atoms with E-state index in [1.54, 1.807) is 0 Å². The smallest absolute Gasteiger partial charge is 0.367 e. The zero-order valence-corrected chi connectivity index (χ0v) is 23.3. The Bertz CT molecular complexity index is 1320. The maximum atomic E-state index is 14.6. The molecule has 1 aromatic carbocycles. The van der Waals surface area contributed by atoms with Crippen LogP contribution in [0.3, 0.4) is 0 Å². The van der Waals surface area contributed by atoms with E-state index < -0.39 is 41.3 Å². The van der Waals surface area contributed by atoms with Gasteiger partial charge in [-0.15, -0.1) is 0 Å². The van der Waals surface area contributed by atoms with Crippen molar-refractivity contribution >= 4 is 40.6 Å². The van der Waals surface area contributed by atoms with Crippen molar-refractivity contribution in [2.75, 3.05) is 74.6 Å². The van der Waals surface area contributed by atoms with Crippen LogP contribution in [0.1, 0.15) is 17.7 Å². The van der Waals surface area contributed by atoms with Crippen LogP contribution in [0.15, 0.2) is 24.3 Å². The highest BCUT2D eigenvalue weighted by Crippen LogP contribution is 2.43. The molecule has 3 aliphatic heterocycles. The number of pyridine rings is 1. The lowest BCUT2D eigenvalue weighted by atomic mass is 9.95. The Morgan fingerprint density at radius 1 is 1.02 bits per heavy atom. The van der Waals surface area contributed by atoms with Crippen LogP contribution in [0, 0.1) is 18.7 Å². The fourth-order valence-electron chi connectivity index (χ4n) is 5.83. The number of rotatable bonds is 4. The monoisotopic (exact) mass is 582 g/mol. The number of alkyl halides is 3. The number of likely N-dealkylation sites (N-methyl/N-ethyl adjacent to an activating group) is 2. The molecule has 2 amide bonds. The number of benzene rings is 1. The van der Waals surface area contributed by atoms with Gasteiger partial charge in [-0.1, -0.05) is 11.6 Å². The summed E-state index contributed by atoms with van der Waals surface area (Å²) in [5.74, 6) is -2.46. The highest BCUT2D eigenvalue weighted by molar-refractivity contribution is 6.34. The first kappa shape index (κ1) is 28.6. The summed E-state index contributed by atoms with van der Waals surface area (Å²) < 4.78 is 55.4. The number of amides is 2. The lowest BCUT2D eigenvalue weighted by Gasteiger charge is -2.40. The number of hydrogen-bond acceptors (Lipinski definition) is 6. The van der Waals surface area contributed by atoms with Crippen molar-refractivity contribution in [2.24, 2.45) is 5.92 Å². The van der Waals surface area contributed by atoms with E-state index in [-0.39, 0.29) is 35.2 Å². The number of fused-ring (bicyclic) bond motifs is 2. The summed E-state index contributed by atoms with van der Waals surface area (Å²) in [6, 6.07) is 3.00. The second kappa shape index (κ2) is 10.8. The van der Waals surface area contributed by atoms with Gasteiger partial charge in [-0.05, 0) is 38.2 Å². The molecule has 5 rings (SSSR count). The Labute approximate surface area is 235 Å². The van der Waals surface area contributed by atoms with Crippen molar-refractivity contribution in [3.63, 3.8) is 0 Å². The first-order chi connectivity index (χ1) is 18.8. The van der Waals surface area contributed by atoms with Crippen LogP contribution < -0.4 is 14.7 Å². The van der Waals surface area contributed by atoms with E-state index >= 15 is 0 Å². The third-order valence-corrected chi connectivity index (χ3v) is 8.24. The van der Waals surface area contributed by atoms with Crippen molar-refractivity contribution in [3.05, 3.63) is 46.4 Å². The molecule has 13 heteroatoms. The molecule has 0 bridgehead atoms. The quantitative estimate of drug-likeness (QED) is 0.513. The molecule has 0 radical (unpaired) electrons. The van der Waals surface area contributed by atoms with Crippen molar-refractivity contribution in [3.8, 4) is 0 Å². The highest BCUT2D eigenvalue weighted by atomic mass is 35.5. The molecule has 0 unspecified atom stereocenters. The van der Waals surface area contributed by atoms with Gasteiger partial charge in [0.15, 0.2) is 0 Å². The lowest BCUT2D eigenvalue weighted by Crippen LogP contribution is -2.53. The summed E-state index contributed by atoms with van der Waals surface area (Å²) in [7, 11) is 3.53. The van der Waals surface area contributed by atoms with Gasteiger partial charge in [0.25, 0.3) is 0 Å². The van der Waals surface area contributed by atoms with Gasteiger partial charge in [0, 0.05) is 70.9 Å². The summed E-state index contributed by atoms with van der Waals surface area (Å²) in [5.41, 5.74) is -0.156. The molecule has 2 aromatic rings. The minimum Gasteiger partial charge on any atom is -0.367 e. The van der Waals surface area contributed by atoms with Gasteiger partial charge in [0.2, 0.25) is 11.8 Å². The topological polar surface area (TPSA) is 63.2 Å². The number of carbonyl (C=O) groups excluding carboxylic acids is 2. The van der Waals surface area contributed by atoms with Gasteiger partial charge < -0.3 is 14.7 Å². The molecule has 2 fully saturated rings. The fourth-order valence-corrected chi connectivity index (χ4v) is 6.15. The van der Waals surface area contributed by atoms with Gasteiger partial charge >= 0.3 is 6.18 Å². The minimum absolute atomic E-state index is 0.0552. The predicted octanol–water partition coefficient (Wildman–Crippen LogP) is 3.65. The second-order valence-corrected chi connectivity index (χ2v) is 11.2. The Hall–Kier alpha value is -2.96. The molecule has 1 aromatic heterocycles. The first-order valence-electron chi connectivity index (χ1n) is 13.1. The lowest BCUT2D eigenvalue weighted by molar-refractivity contribution is -0.137. The van der Waals surface area contributed by atoms with E-state index in [2.05, 4.69) is 21.8 Å². The van der Waals surface area contributed by atoms with E-state index in [9.17, 15) is 27.2 Å². The van der Waals surface area contributed by atoms with E-state index in [0.717, 1.165) is 43.2 Å². The Morgan fingerprint density at radius 2 is 1.73 bits per heavy atom. The van der Waals surface area contributed by atoms with Crippen LogP contribution in [0.4, 0.5) is 34.8 Å². The molecule has 0 saturated carbocycles. The standard InChI is InChI=1S/C27H31ClF4N6O2/c1-16-10-18(27(30,31)32)12-22(33-16)38-23(39)11-17-15-37(9-8-36-6-4-34(2)5-7-36)25-20(28)13-19(29)14-21(25)35(3)26(40)24(17)38/h10,12-14,17,24H,4-9,11,15H2,1-3H3/t17-,24+/m1/s1. The van der Waals surface area contributed by atoms with Crippen LogP contribution >= 0.6 is 11.6 Å². The predicted molar refractivity (Wildman–Crippen MR) is 144 cm³/mol. The summed E-state index contributed by atoms with van der Waals surface area (Å²) >= 11 is 6.56. The largest absolute Gasteiger partial charge is 0.416 e. The van der Waals surface area contributed by atoms with Crippen LogP contribution in [0.2, 0.25) is 5.02 Å². The van der Waals surface area contributed by atoms with Crippen molar-refractivity contribution < 1.29 is 27.2 Å². The summed E-state index contributed by atoms with van der Waals surface area (Å²) in [5, 5.41) is 0.142. The number of halogens is 5. The number of anilines is 3. The normalized spacial score (nSPS) is 22.9. The van der Waals surface area contributed by atoms with Crippen LogP contribution in [0.5, 0.6) is 0 Å². The number of nitrogens with zero attached hydrogens (tertiary/aromatic N) is 6. The molecule has 3 aliphatic rings. The number of aryl methyl sites for hydroxylation is 1. The summed E-state index contributed by atoms with van der Waals surface area (Å²) in [6.07, 6.45) is -4.71. The maximum absolute atomic E-state index is 14.6. The molecule has 0 N–H and O–H groups in total. The van der Waals surface area contributed by atoms with Crippen molar-refractivity contribution in [1.82, 2.24) is 14.8 Å². The Balaban J connectivity index is 1.54. The van der Waals surface area contributed by atoms with E-state index in [4.69, 9.17) is 11.6 Å². The van der Waals surface area contributed by atoms with Gasteiger partial charge in [-0.2, -0.15) is 13.2 Å². The summed E-state index contributed by atoms with van der Waals surface area (Å²) in [6.45, 7) is 6.44.